The molecule has 0 bridgehead atoms. The third-order valence-electron chi connectivity index (χ3n) is 3.77. The smallest absolute Gasteiger partial charge is 0.268 e. The molecule has 0 aliphatic carbocycles. The van der Waals surface area contributed by atoms with Gasteiger partial charge in [-0.2, -0.15) is 5.10 Å². The van der Waals surface area contributed by atoms with Gasteiger partial charge in [0.15, 0.2) is 0 Å². The monoisotopic (exact) mass is 376 g/mol. The summed E-state index contributed by atoms with van der Waals surface area (Å²) in [5, 5.41) is 7.29. The van der Waals surface area contributed by atoms with Crippen LogP contribution in [-0.2, 0) is 16.6 Å². The van der Waals surface area contributed by atoms with Crippen LogP contribution in [0.1, 0.15) is 17.0 Å². The van der Waals surface area contributed by atoms with Crippen LogP contribution in [0, 0.1) is 13.8 Å². The van der Waals surface area contributed by atoms with E-state index in [-0.39, 0.29) is 11.4 Å². The van der Waals surface area contributed by atoms with Gasteiger partial charge in [0.1, 0.15) is 4.90 Å². The minimum absolute atomic E-state index is 0.155. The lowest BCUT2D eigenvalue weighted by atomic mass is 10.2. The third kappa shape index (κ3) is 3.52. The number of halogens is 1. The molecule has 1 N–H and O–H groups in total. The predicted octanol–water partition coefficient (Wildman–Crippen LogP) is 3.47. The van der Waals surface area contributed by atoms with Crippen molar-refractivity contribution in [2.24, 2.45) is 0 Å². The lowest BCUT2D eigenvalue weighted by Crippen LogP contribution is -2.31. The molecule has 0 radical (unpaired) electrons. The molecular formula is C17H17ClN4O2S. The first kappa shape index (κ1) is 17.4. The van der Waals surface area contributed by atoms with Crippen LogP contribution in [-0.4, -0.2) is 23.6 Å². The standard InChI is InChI=1S/C17H17ClN4O2S/c1-12-17(13(2)21-20-12)25(23,24)22(11-14-4-3-9-19-10-14)16-7-5-15(18)6-8-16/h3-10H,11H2,1-2H3,(H,20,21). The van der Waals surface area contributed by atoms with Gasteiger partial charge in [-0.15, -0.1) is 0 Å². The fourth-order valence-electron chi connectivity index (χ4n) is 2.61. The van der Waals surface area contributed by atoms with E-state index in [1.54, 1.807) is 56.6 Å². The van der Waals surface area contributed by atoms with Gasteiger partial charge in [0, 0.05) is 17.4 Å². The number of hydrogen-bond donors (Lipinski definition) is 1. The number of benzene rings is 1. The number of aryl methyl sites for hydroxylation is 2. The lowest BCUT2D eigenvalue weighted by molar-refractivity contribution is 0.589. The fourth-order valence-corrected chi connectivity index (χ4v) is 4.53. The zero-order chi connectivity index (χ0) is 18.0. The Labute approximate surface area is 151 Å². The molecule has 0 atom stereocenters. The fraction of sp³-hybridized carbons (Fsp3) is 0.176. The number of hydrogen-bond acceptors (Lipinski definition) is 4. The van der Waals surface area contributed by atoms with Crippen LogP contribution in [0.3, 0.4) is 0 Å². The van der Waals surface area contributed by atoms with Crippen molar-refractivity contribution in [3.63, 3.8) is 0 Å². The van der Waals surface area contributed by atoms with E-state index >= 15 is 0 Å². The molecule has 0 fully saturated rings. The van der Waals surface area contributed by atoms with Crippen molar-refractivity contribution in [1.82, 2.24) is 15.2 Å². The number of nitrogens with zero attached hydrogens (tertiary/aromatic N) is 3. The lowest BCUT2D eigenvalue weighted by Gasteiger charge is -2.24. The van der Waals surface area contributed by atoms with Gasteiger partial charge in [-0.05, 0) is 49.7 Å². The summed E-state index contributed by atoms with van der Waals surface area (Å²) in [7, 11) is -3.81. The zero-order valence-electron chi connectivity index (χ0n) is 13.8. The van der Waals surface area contributed by atoms with Crippen molar-refractivity contribution in [2.45, 2.75) is 25.3 Å². The molecule has 0 amide bonds. The molecule has 130 valence electrons. The summed E-state index contributed by atoms with van der Waals surface area (Å²) < 4.78 is 28.0. The van der Waals surface area contributed by atoms with Crippen LogP contribution in [0.4, 0.5) is 5.69 Å². The molecule has 2 heterocycles. The predicted molar refractivity (Wildman–Crippen MR) is 97.1 cm³/mol. The number of aromatic amines is 1. The largest absolute Gasteiger partial charge is 0.281 e. The van der Waals surface area contributed by atoms with Gasteiger partial charge in [-0.1, -0.05) is 17.7 Å². The van der Waals surface area contributed by atoms with Crippen molar-refractivity contribution in [3.8, 4) is 0 Å². The van der Waals surface area contributed by atoms with Crippen LogP contribution in [0.5, 0.6) is 0 Å². The molecule has 0 saturated carbocycles. The summed E-state index contributed by atoms with van der Waals surface area (Å²) in [6.07, 6.45) is 3.29. The molecule has 0 spiro atoms. The molecule has 0 aliphatic heterocycles. The second-order valence-corrected chi connectivity index (χ2v) is 7.85. The van der Waals surface area contributed by atoms with E-state index in [0.29, 0.717) is 22.1 Å². The second-order valence-electron chi connectivity index (χ2n) is 5.61. The first-order valence-electron chi connectivity index (χ1n) is 7.58. The first-order chi connectivity index (χ1) is 11.9. The van der Waals surface area contributed by atoms with E-state index in [1.165, 1.54) is 4.31 Å². The molecule has 8 heteroatoms. The summed E-state index contributed by atoms with van der Waals surface area (Å²) in [6.45, 7) is 3.51. The highest BCUT2D eigenvalue weighted by Gasteiger charge is 2.30. The maximum atomic E-state index is 13.3. The van der Waals surface area contributed by atoms with E-state index in [9.17, 15) is 8.42 Å². The van der Waals surface area contributed by atoms with Gasteiger partial charge in [0.05, 0.1) is 23.6 Å². The molecule has 0 aliphatic rings. The van der Waals surface area contributed by atoms with Gasteiger partial charge in [0.25, 0.3) is 10.0 Å². The Morgan fingerprint density at radius 3 is 2.44 bits per heavy atom. The van der Waals surface area contributed by atoms with Crippen LogP contribution in [0.2, 0.25) is 5.02 Å². The Hall–Kier alpha value is -2.38. The SMILES string of the molecule is Cc1n[nH]c(C)c1S(=O)(=O)N(Cc1cccnc1)c1ccc(Cl)cc1. The quantitative estimate of drug-likeness (QED) is 0.739. The zero-order valence-corrected chi connectivity index (χ0v) is 15.3. The summed E-state index contributed by atoms with van der Waals surface area (Å²) in [5.41, 5.74) is 2.23. The van der Waals surface area contributed by atoms with E-state index in [4.69, 9.17) is 11.6 Å². The first-order valence-corrected chi connectivity index (χ1v) is 9.40. The maximum Gasteiger partial charge on any atom is 0.268 e. The highest BCUT2D eigenvalue weighted by Crippen LogP contribution is 2.29. The van der Waals surface area contributed by atoms with E-state index in [0.717, 1.165) is 5.56 Å². The van der Waals surface area contributed by atoms with Crippen molar-refractivity contribution >= 4 is 27.3 Å². The average molecular weight is 377 g/mol. The normalized spacial score (nSPS) is 11.5. The van der Waals surface area contributed by atoms with Gasteiger partial charge in [-0.25, -0.2) is 8.42 Å². The second kappa shape index (κ2) is 6.85. The van der Waals surface area contributed by atoms with Crippen LogP contribution < -0.4 is 4.31 Å². The van der Waals surface area contributed by atoms with Crippen molar-refractivity contribution < 1.29 is 8.42 Å². The van der Waals surface area contributed by atoms with E-state index < -0.39 is 10.0 Å². The maximum absolute atomic E-state index is 13.3. The van der Waals surface area contributed by atoms with Crippen molar-refractivity contribution in [3.05, 3.63) is 70.8 Å². The molecule has 6 nitrogen and oxygen atoms in total. The van der Waals surface area contributed by atoms with Gasteiger partial charge >= 0.3 is 0 Å². The average Bonchev–Trinajstić information content (AvgIpc) is 2.94. The number of H-pyrrole nitrogens is 1. The third-order valence-corrected chi connectivity index (χ3v) is 6.06. The molecule has 3 aromatic rings. The molecule has 0 saturated heterocycles. The number of sulfonamides is 1. The summed E-state index contributed by atoms with van der Waals surface area (Å²) in [5.74, 6) is 0. The molecule has 1 aromatic carbocycles. The van der Waals surface area contributed by atoms with Crippen molar-refractivity contribution in [1.29, 1.82) is 0 Å². The Bertz CT molecular complexity index is 950. The van der Waals surface area contributed by atoms with Crippen molar-refractivity contribution in [2.75, 3.05) is 4.31 Å². The van der Waals surface area contributed by atoms with Gasteiger partial charge < -0.3 is 0 Å². The van der Waals surface area contributed by atoms with E-state index in [2.05, 4.69) is 15.2 Å². The minimum Gasteiger partial charge on any atom is -0.281 e. The van der Waals surface area contributed by atoms with Crippen LogP contribution >= 0.6 is 11.6 Å². The van der Waals surface area contributed by atoms with Crippen LogP contribution in [0.25, 0.3) is 0 Å². The molecule has 0 unspecified atom stereocenters. The summed E-state index contributed by atoms with van der Waals surface area (Å²) >= 11 is 5.95. The molecule has 2 aromatic heterocycles. The Morgan fingerprint density at radius 2 is 1.88 bits per heavy atom. The Morgan fingerprint density at radius 1 is 1.16 bits per heavy atom. The number of aromatic nitrogens is 3. The highest BCUT2D eigenvalue weighted by atomic mass is 35.5. The van der Waals surface area contributed by atoms with E-state index in [1.807, 2.05) is 6.07 Å². The number of rotatable bonds is 5. The summed E-state index contributed by atoms with van der Waals surface area (Å²) in [6, 6.07) is 10.3. The number of anilines is 1. The van der Waals surface area contributed by atoms with Gasteiger partial charge in [0.2, 0.25) is 0 Å². The molecule has 3 rings (SSSR count). The number of pyridine rings is 1. The summed E-state index contributed by atoms with van der Waals surface area (Å²) in [4.78, 5) is 4.25. The Kier molecular flexibility index (Phi) is 4.78. The minimum atomic E-state index is -3.81. The van der Waals surface area contributed by atoms with Crippen LogP contribution in [0.15, 0.2) is 53.7 Å². The topological polar surface area (TPSA) is 79.0 Å². The number of nitrogens with one attached hydrogen (secondary N) is 1. The molecular weight excluding hydrogens is 360 g/mol. The highest BCUT2D eigenvalue weighted by molar-refractivity contribution is 7.92. The van der Waals surface area contributed by atoms with Gasteiger partial charge in [-0.3, -0.25) is 14.4 Å². The Balaban J connectivity index is 2.12. The molecule has 25 heavy (non-hydrogen) atoms.